The lowest BCUT2D eigenvalue weighted by atomic mass is 10.0. The Hall–Kier alpha value is -0.120. The molecule has 0 spiro atoms. The first-order valence-corrected chi connectivity index (χ1v) is 10.1. The van der Waals surface area contributed by atoms with E-state index in [1.54, 1.807) is 5.56 Å². The molecule has 1 heterocycles. The van der Waals surface area contributed by atoms with Gasteiger partial charge in [0.2, 0.25) is 0 Å². The number of nitrogens with one attached hydrogen (secondary N) is 1. The van der Waals surface area contributed by atoms with Crippen molar-refractivity contribution in [3.8, 4) is 0 Å². The van der Waals surface area contributed by atoms with Gasteiger partial charge in [-0.05, 0) is 36.8 Å². The molecule has 0 amide bonds. The Bertz CT molecular complexity index is 403. The number of hydrogen-bond donors (Lipinski definition) is 1. The van der Waals surface area contributed by atoms with E-state index in [1.165, 1.54) is 36.6 Å². The molecule has 0 aromatic heterocycles. The molecule has 2 aliphatic rings. The highest BCUT2D eigenvalue weighted by molar-refractivity contribution is 8.06. The van der Waals surface area contributed by atoms with Crippen LogP contribution in [-0.2, 0) is 0 Å². The van der Waals surface area contributed by atoms with Crippen molar-refractivity contribution in [3.63, 3.8) is 0 Å². The number of benzene rings is 1. The third kappa shape index (κ3) is 3.55. The van der Waals surface area contributed by atoms with Gasteiger partial charge in [0.15, 0.2) is 0 Å². The Balaban J connectivity index is 1.64. The van der Waals surface area contributed by atoms with E-state index in [9.17, 15) is 0 Å². The highest BCUT2D eigenvalue weighted by Gasteiger charge is 2.46. The van der Waals surface area contributed by atoms with Crippen LogP contribution < -0.4 is 5.32 Å². The molecule has 1 aliphatic carbocycles. The van der Waals surface area contributed by atoms with Gasteiger partial charge in [0.05, 0.1) is 0 Å². The second kappa shape index (κ2) is 7.24. The van der Waals surface area contributed by atoms with Crippen LogP contribution in [0.1, 0.15) is 31.2 Å². The summed E-state index contributed by atoms with van der Waals surface area (Å²) < 4.78 is 0. The highest BCUT2D eigenvalue weighted by atomic mass is 32.2. The molecule has 1 saturated heterocycles. The first kappa shape index (κ1) is 14.8. The van der Waals surface area contributed by atoms with Gasteiger partial charge in [0.1, 0.15) is 0 Å². The summed E-state index contributed by atoms with van der Waals surface area (Å²) in [6.07, 6.45) is 2.62. The standard InChI is InChI=1S/C17H25NS2/c1-2-8-18-17(16-12-19-9-10-20-16)15-11-14(15)13-6-4-3-5-7-13/h3-7,14-18H,2,8-12H2,1H3. The fourth-order valence-electron chi connectivity index (χ4n) is 3.28. The van der Waals surface area contributed by atoms with Crippen LogP contribution in [0.5, 0.6) is 0 Å². The van der Waals surface area contributed by atoms with Crippen molar-refractivity contribution < 1.29 is 0 Å². The summed E-state index contributed by atoms with van der Waals surface area (Å²) in [6, 6.07) is 11.8. The van der Waals surface area contributed by atoms with Gasteiger partial charge in [0, 0.05) is 28.6 Å². The maximum Gasteiger partial charge on any atom is 0.0294 e. The molecule has 1 aromatic carbocycles. The Morgan fingerprint density at radius 3 is 2.80 bits per heavy atom. The Morgan fingerprint density at radius 1 is 1.25 bits per heavy atom. The van der Waals surface area contributed by atoms with Crippen LogP contribution in [0, 0.1) is 5.92 Å². The molecule has 110 valence electrons. The minimum Gasteiger partial charge on any atom is -0.313 e. The third-order valence-corrected chi connectivity index (χ3v) is 7.29. The van der Waals surface area contributed by atoms with Gasteiger partial charge in [-0.3, -0.25) is 0 Å². The zero-order valence-corrected chi connectivity index (χ0v) is 13.9. The lowest BCUT2D eigenvalue weighted by Gasteiger charge is -2.31. The lowest BCUT2D eigenvalue weighted by Crippen LogP contribution is -2.43. The normalized spacial score (nSPS) is 30.9. The van der Waals surface area contributed by atoms with Crippen molar-refractivity contribution >= 4 is 23.5 Å². The Labute approximate surface area is 131 Å². The van der Waals surface area contributed by atoms with Crippen molar-refractivity contribution in [2.75, 3.05) is 23.8 Å². The SMILES string of the molecule is CCCNC(C1CSCCS1)C1CC1c1ccccc1. The van der Waals surface area contributed by atoms with E-state index in [0.29, 0.717) is 0 Å². The van der Waals surface area contributed by atoms with Gasteiger partial charge >= 0.3 is 0 Å². The van der Waals surface area contributed by atoms with E-state index >= 15 is 0 Å². The molecular formula is C17H25NS2. The largest absolute Gasteiger partial charge is 0.313 e. The van der Waals surface area contributed by atoms with Gasteiger partial charge in [0.25, 0.3) is 0 Å². The monoisotopic (exact) mass is 307 g/mol. The van der Waals surface area contributed by atoms with Gasteiger partial charge in [-0.15, -0.1) is 0 Å². The predicted molar refractivity (Wildman–Crippen MR) is 92.9 cm³/mol. The number of rotatable bonds is 6. The van der Waals surface area contributed by atoms with Crippen LogP contribution >= 0.6 is 23.5 Å². The average Bonchev–Trinajstić information content (AvgIpc) is 3.30. The van der Waals surface area contributed by atoms with Gasteiger partial charge in [-0.1, -0.05) is 37.3 Å². The van der Waals surface area contributed by atoms with Crippen molar-refractivity contribution in [1.29, 1.82) is 0 Å². The molecule has 20 heavy (non-hydrogen) atoms. The molecule has 0 bridgehead atoms. The molecule has 2 fully saturated rings. The van der Waals surface area contributed by atoms with E-state index < -0.39 is 0 Å². The highest BCUT2D eigenvalue weighted by Crippen LogP contribution is 2.51. The van der Waals surface area contributed by atoms with Crippen LogP contribution in [0.2, 0.25) is 0 Å². The molecule has 4 unspecified atom stereocenters. The van der Waals surface area contributed by atoms with Gasteiger partial charge in [-0.25, -0.2) is 0 Å². The molecule has 0 radical (unpaired) electrons. The van der Waals surface area contributed by atoms with Gasteiger partial charge < -0.3 is 5.32 Å². The maximum absolute atomic E-state index is 3.87. The fraction of sp³-hybridized carbons (Fsp3) is 0.647. The zero-order valence-electron chi connectivity index (χ0n) is 12.3. The smallest absolute Gasteiger partial charge is 0.0294 e. The van der Waals surface area contributed by atoms with Crippen LogP contribution in [0.15, 0.2) is 30.3 Å². The quantitative estimate of drug-likeness (QED) is 0.853. The molecule has 3 rings (SSSR count). The summed E-state index contributed by atoms with van der Waals surface area (Å²) in [5.74, 6) is 5.68. The first-order valence-electron chi connectivity index (χ1n) is 7.88. The van der Waals surface area contributed by atoms with E-state index in [0.717, 1.165) is 23.1 Å². The topological polar surface area (TPSA) is 12.0 Å². The van der Waals surface area contributed by atoms with Crippen molar-refractivity contribution in [1.82, 2.24) is 5.32 Å². The lowest BCUT2D eigenvalue weighted by molar-refractivity contribution is 0.454. The zero-order chi connectivity index (χ0) is 13.8. The van der Waals surface area contributed by atoms with Crippen molar-refractivity contribution in [3.05, 3.63) is 35.9 Å². The molecule has 1 saturated carbocycles. The number of thioether (sulfide) groups is 2. The Kier molecular flexibility index (Phi) is 5.36. The minimum atomic E-state index is 0.720. The van der Waals surface area contributed by atoms with E-state index in [2.05, 4.69) is 66.1 Å². The minimum absolute atomic E-state index is 0.720. The molecule has 1 aromatic rings. The number of hydrogen-bond acceptors (Lipinski definition) is 3. The molecular weight excluding hydrogens is 282 g/mol. The summed E-state index contributed by atoms with van der Waals surface area (Å²) in [7, 11) is 0. The Morgan fingerprint density at radius 2 is 2.10 bits per heavy atom. The molecule has 1 aliphatic heterocycles. The van der Waals surface area contributed by atoms with Gasteiger partial charge in [-0.2, -0.15) is 23.5 Å². The maximum atomic E-state index is 3.87. The summed E-state index contributed by atoms with van der Waals surface area (Å²) in [5.41, 5.74) is 1.55. The average molecular weight is 308 g/mol. The predicted octanol–water partition coefficient (Wildman–Crippen LogP) is 4.01. The van der Waals surface area contributed by atoms with Crippen LogP contribution in [0.4, 0.5) is 0 Å². The molecule has 3 heteroatoms. The second-order valence-corrected chi connectivity index (χ2v) is 8.38. The van der Waals surface area contributed by atoms with E-state index in [4.69, 9.17) is 0 Å². The van der Waals surface area contributed by atoms with Crippen LogP contribution in [0.25, 0.3) is 0 Å². The summed E-state index contributed by atoms with van der Waals surface area (Å²) in [4.78, 5) is 0. The molecule has 1 N–H and O–H groups in total. The van der Waals surface area contributed by atoms with Crippen molar-refractivity contribution in [2.24, 2.45) is 5.92 Å². The van der Waals surface area contributed by atoms with Crippen LogP contribution in [-0.4, -0.2) is 35.1 Å². The van der Waals surface area contributed by atoms with E-state index in [1.807, 2.05) is 0 Å². The summed E-state index contributed by atoms with van der Waals surface area (Å²) in [6.45, 7) is 3.44. The molecule has 1 nitrogen and oxygen atoms in total. The summed E-state index contributed by atoms with van der Waals surface area (Å²) in [5, 5.41) is 4.69. The van der Waals surface area contributed by atoms with Crippen molar-refractivity contribution in [2.45, 2.75) is 37.0 Å². The second-order valence-electron chi connectivity index (χ2n) is 5.88. The van der Waals surface area contributed by atoms with Crippen LogP contribution in [0.3, 0.4) is 0 Å². The third-order valence-electron chi connectivity index (χ3n) is 4.40. The first-order chi connectivity index (χ1) is 9.90. The molecule has 4 atom stereocenters. The summed E-state index contributed by atoms with van der Waals surface area (Å²) >= 11 is 4.35. The fourth-order valence-corrected chi connectivity index (χ4v) is 6.22. The van der Waals surface area contributed by atoms with E-state index in [-0.39, 0.29) is 0 Å².